The molecular formula is C14H19NO4S. The van der Waals surface area contributed by atoms with Crippen LogP contribution in [-0.2, 0) is 14.8 Å². The molecule has 1 aliphatic rings. The molecule has 1 saturated heterocycles. The Labute approximate surface area is 119 Å². The van der Waals surface area contributed by atoms with Gasteiger partial charge in [-0.25, -0.2) is 8.42 Å². The van der Waals surface area contributed by atoms with E-state index in [9.17, 15) is 18.3 Å². The Morgan fingerprint density at radius 3 is 2.45 bits per heavy atom. The summed E-state index contributed by atoms with van der Waals surface area (Å²) < 4.78 is 26.5. The summed E-state index contributed by atoms with van der Waals surface area (Å²) in [4.78, 5) is 11.7. The van der Waals surface area contributed by atoms with Crippen molar-refractivity contribution in [2.45, 2.75) is 43.5 Å². The summed E-state index contributed by atoms with van der Waals surface area (Å²) in [5, 5.41) is 9.48. The fourth-order valence-electron chi connectivity index (χ4n) is 2.76. The number of aliphatic carboxylic acids is 1. The zero-order chi connectivity index (χ0) is 15.0. The molecule has 0 radical (unpaired) electrons. The summed E-state index contributed by atoms with van der Waals surface area (Å²) in [6.07, 6.45) is 1.21. The minimum atomic E-state index is -3.77. The van der Waals surface area contributed by atoms with E-state index in [-0.39, 0.29) is 17.9 Å². The van der Waals surface area contributed by atoms with E-state index < -0.39 is 21.5 Å². The molecule has 1 N–H and O–H groups in total. The van der Waals surface area contributed by atoms with Crippen LogP contribution in [0.15, 0.2) is 29.2 Å². The van der Waals surface area contributed by atoms with Crippen molar-refractivity contribution in [2.75, 3.05) is 6.54 Å². The molecule has 0 spiro atoms. The molecule has 0 saturated carbocycles. The minimum absolute atomic E-state index is 0.157. The molecule has 1 unspecified atom stereocenters. The van der Waals surface area contributed by atoms with Gasteiger partial charge in [0.25, 0.3) is 0 Å². The summed E-state index contributed by atoms with van der Waals surface area (Å²) in [6.45, 7) is 3.85. The molecular weight excluding hydrogens is 278 g/mol. The largest absolute Gasteiger partial charge is 0.480 e. The van der Waals surface area contributed by atoms with Crippen molar-refractivity contribution in [1.29, 1.82) is 0 Å². The number of benzene rings is 1. The highest BCUT2D eigenvalue weighted by Crippen LogP contribution is 2.37. The first-order valence-electron chi connectivity index (χ1n) is 6.67. The Bertz CT molecular complexity index is 609. The lowest BCUT2D eigenvalue weighted by molar-refractivity contribution is -0.147. The van der Waals surface area contributed by atoms with Gasteiger partial charge < -0.3 is 5.11 Å². The van der Waals surface area contributed by atoms with E-state index in [0.29, 0.717) is 12.8 Å². The van der Waals surface area contributed by atoms with Gasteiger partial charge in [0.2, 0.25) is 10.0 Å². The number of hydrogen-bond acceptors (Lipinski definition) is 3. The van der Waals surface area contributed by atoms with Gasteiger partial charge in [-0.1, -0.05) is 24.6 Å². The summed E-state index contributed by atoms with van der Waals surface area (Å²) >= 11 is 0. The molecule has 1 atom stereocenters. The molecule has 110 valence electrons. The molecule has 0 bridgehead atoms. The number of carboxylic acids is 1. The second-order valence-corrected chi connectivity index (χ2v) is 7.05. The second kappa shape index (κ2) is 5.18. The Balaban J connectivity index is 2.48. The number of carboxylic acid groups (broad SMARTS) is 1. The molecule has 6 heteroatoms. The van der Waals surface area contributed by atoms with Gasteiger partial charge in [0, 0.05) is 6.54 Å². The quantitative estimate of drug-likeness (QED) is 0.922. The van der Waals surface area contributed by atoms with E-state index in [2.05, 4.69) is 0 Å². The molecule has 1 aromatic carbocycles. The lowest BCUT2D eigenvalue weighted by Gasteiger charge is -2.32. The van der Waals surface area contributed by atoms with Crippen LogP contribution in [-0.4, -0.2) is 35.9 Å². The van der Waals surface area contributed by atoms with Gasteiger partial charge >= 0.3 is 5.97 Å². The molecule has 0 aromatic heterocycles. The van der Waals surface area contributed by atoms with Crippen LogP contribution in [0.1, 0.15) is 31.7 Å². The normalized spacial score (nSPS) is 23.9. The van der Waals surface area contributed by atoms with Crippen molar-refractivity contribution >= 4 is 16.0 Å². The first-order chi connectivity index (χ1) is 9.34. The topological polar surface area (TPSA) is 74.7 Å². The standard InChI is InChI=1S/C14H19NO4S/c1-3-14(13(16)17)9-4-10-15(14)20(18,19)12-7-5-11(2)6-8-12/h5-8H,3-4,9-10H2,1-2H3,(H,16,17). The number of nitrogens with zero attached hydrogens (tertiary/aromatic N) is 1. The highest BCUT2D eigenvalue weighted by Gasteiger charge is 2.51. The highest BCUT2D eigenvalue weighted by molar-refractivity contribution is 7.89. The van der Waals surface area contributed by atoms with E-state index in [1.165, 1.54) is 12.1 Å². The Morgan fingerprint density at radius 2 is 1.95 bits per heavy atom. The van der Waals surface area contributed by atoms with Gasteiger partial charge in [0.15, 0.2) is 0 Å². The van der Waals surface area contributed by atoms with Crippen LogP contribution in [0.3, 0.4) is 0 Å². The number of aryl methyl sites for hydroxylation is 1. The van der Waals surface area contributed by atoms with Gasteiger partial charge in [-0.3, -0.25) is 4.79 Å². The molecule has 1 fully saturated rings. The van der Waals surface area contributed by atoms with Crippen LogP contribution in [0.4, 0.5) is 0 Å². The molecule has 2 rings (SSSR count). The monoisotopic (exact) mass is 297 g/mol. The maximum atomic E-state index is 12.7. The number of rotatable bonds is 4. The number of sulfonamides is 1. The average molecular weight is 297 g/mol. The minimum Gasteiger partial charge on any atom is -0.480 e. The zero-order valence-electron chi connectivity index (χ0n) is 11.7. The fourth-order valence-corrected chi connectivity index (χ4v) is 4.62. The van der Waals surface area contributed by atoms with E-state index in [1.54, 1.807) is 19.1 Å². The van der Waals surface area contributed by atoms with E-state index in [1.807, 2.05) is 6.92 Å². The van der Waals surface area contributed by atoms with Crippen LogP contribution in [0.25, 0.3) is 0 Å². The third kappa shape index (κ3) is 2.23. The summed E-state index contributed by atoms with van der Waals surface area (Å²) in [5.41, 5.74) is -0.339. The van der Waals surface area contributed by atoms with Crippen LogP contribution in [0.5, 0.6) is 0 Å². The highest BCUT2D eigenvalue weighted by atomic mass is 32.2. The van der Waals surface area contributed by atoms with Gasteiger partial charge in [-0.15, -0.1) is 0 Å². The van der Waals surface area contributed by atoms with E-state index in [0.717, 1.165) is 9.87 Å². The van der Waals surface area contributed by atoms with Crippen molar-refractivity contribution in [3.63, 3.8) is 0 Å². The van der Waals surface area contributed by atoms with Crippen LogP contribution in [0.2, 0.25) is 0 Å². The van der Waals surface area contributed by atoms with Gasteiger partial charge in [-0.2, -0.15) is 4.31 Å². The smallest absolute Gasteiger partial charge is 0.325 e. The predicted molar refractivity (Wildman–Crippen MR) is 75.0 cm³/mol. The Morgan fingerprint density at radius 1 is 1.35 bits per heavy atom. The molecule has 5 nitrogen and oxygen atoms in total. The fraction of sp³-hybridized carbons (Fsp3) is 0.500. The Hall–Kier alpha value is -1.40. The molecule has 0 aliphatic carbocycles. The molecule has 1 heterocycles. The zero-order valence-corrected chi connectivity index (χ0v) is 12.5. The van der Waals surface area contributed by atoms with Crippen molar-refractivity contribution in [3.05, 3.63) is 29.8 Å². The van der Waals surface area contributed by atoms with Crippen LogP contribution < -0.4 is 0 Å². The van der Waals surface area contributed by atoms with Gasteiger partial charge in [-0.05, 0) is 38.3 Å². The molecule has 0 amide bonds. The molecule has 1 aromatic rings. The number of carbonyl (C=O) groups is 1. The lowest BCUT2D eigenvalue weighted by Crippen LogP contribution is -2.52. The van der Waals surface area contributed by atoms with Crippen LogP contribution in [0, 0.1) is 6.92 Å². The van der Waals surface area contributed by atoms with Crippen molar-refractivity contribution in [2.24, 2.45) is 0 Å². The van der Waals surface area contributed by atoms with E-state index >= 15 is 0 Å². The first-order valence-corrected chi connectivity index (χ1v) is 8.11. The second-order valence-electron chi connectivity index (χ2n) is 5.18. The van der Waals surface area contributed by atoms with Crippen molar-refractivity contribution in [1.82, 2.24) is 4.31 Å². The first kappa shape index (κ1) is 15.0. The third-order valence-electron chi connectivity index (χ3n) is 4.02. The maximum absolute atomic E-state index is 12.7. The lowest BCUT2D eigenvalue weighted by atomic mass is 9.95. The summed E-state index contributed by atoms with van der Waals surface area (Å²) in [5.74, 6) is -1.06. The SMILES string of the molecule is CCC1(C(=O)O)CCCN1S(=O)(=O)c1ccc(C)cc1. The van der Waals surface area contributed by atoms with Crippen molar-refractivity contribution in [3.8, 4) is 0 Å². The predicted octanol–water partition coefficient (Wildman–Crippen LogP) is 2.01. The summed E-state index contributed by atoms with van der Waals surface area (Å²) in [6, 6.07) is 6.51. The maximum Gasteiger partial charge on any atom is 0.325 e. The van der Waals surface area contributed by atoms with E-state index in [4.69, 9.17) is 0 Å². The number of hydrogen-bond donors (Lipinski definition) is 1. The van der Waals surface area contributed by atoms with Gasteiger partial charge in [0.1, 0.15) is 5.54 Å². The van der Waals surface area contributed by atoms with Gasteiger partial charge in [0.05, 0.1) is 4.90 Å². The third-order valence-corrected chi connectivity index (χ3v) is 6.00. The Kier molecular flexibility index (Phi) is 3.88. The van der Waals surface area contributed by atoms with Crippen LogP contribution >= 0.6 is 0 Å². The molecule has 1 aliphatic heterocycles. The average Bonchev–Trinajstić information content (AvgIpc) is 2.85. The summed E-state index contributed by atoms with van der Waals surface area (Å²) in [7, 11) is -3.77. The van der Waals surface area contributed by atoms with Crippen molar-refractivity contribution < 1.29 is 18.3 Å². The molecule has 20 heavy (non-hydrogen) atoms.